The molecular formula is C14H19NO. The van der Waals surface area contributed by atoms with Crippen LogP contribution in [0.15, 0.2) is 18.2 Å². The van der Waals surface area contributed by atoms with Gasteiger partial charge < -0.3 is 10.1 Å². The van der Waals surface area contributed by atoms with Crippen molar-refractivity contribution < 1.29 is 4.74 Å². The van der Waals surface area contributed by atoms with Crippen LogP contribution < -0.4 is 10.1 Å². The standard InChI is InChI=1S/C14H19NO/c1-2-10-9-15-14-8-12(6-7-13(10)14)16-11-4-3-5-11/h6-8,10-11,15H,2-5,9H2,1H3. The molecule has 86 valence electrons. The SMILES string of the molecule is CCC1CNc2cc(OC3CCC3)ccc21. The van der Waals surface area contributed by atoms with Gasteiger partial charge in [-0.1, -0.05) is 13.0 Å². The fourth-order valence-corrected chi connectivity index (χ4v) is 2.51. The molecule has 16 heavy (non-hydrogen) atoms. The highest BCUT2D eigenvalue weighted by Crippen LogP contribution is 2.36. The molecule has 1 unspecified atom stereocenters. The van der Waals surface area contributed by atoms with Crippen LogP contribution in [0.4, 0.5) is 5.69 Å². The minimum Gasteiger partial charge on any atom is -0.490 e. The van der Waals surface area contributed by atoms with Gasteiger partial charge in [0.2, 0.25) is 0 Å². The molecule has 0 aromatic heterocycles. The van der Waals surface area contributed by atoms with E-state index >= 15 is 0 Å². The largest absolute Gasteiger partial charge is 0.490 e. The zero-order chi connectivity index (χ0) is 11.0. The van der Waals surface area contributed by atoms with Crippen LogP contribution in [-0.4, -0.2) is 12.6 Å². The fraction of sp³-hybridized carbons (Fsp3) is 0.571. The summed E-state index contributed by atoms with van der Waals surface area (Å²) in [4.78, 5) is 0. The van der Waals surface area contributed by atoms with E-state index < -0.39 is 0 Å². The first-order chi connectivity index (χ1) is 7.86. The number of nitrogens with one attached hydrogen (secondary N) is 1. The van der Waals surface area contributed by atoms with E-state index in [9.17, 15) is 0 Å². The average Bonchev–Trinajstić information content (AvgIpc) is 2.65. The summed E-state index contributed by atoms with van der Waals surface area (Å²) in [7, 11) is 0. The molecule has 1 aliphatic heterocycles. The second-order valence-electron chi connectivity index (χ2n) is 4.91. The Labute approximate surface area is 97.0 Å². The maximum atomic E-state index is 5.90. The molecule has 0 saturated heterocycles. The number of rotatable bonds is 3. The molecule has 0 amide bonds. The van der Waals surface area contributed by atoms with Gasteiger partial charge in [0.15, 0.2) is 0 Å². The van der Waals surface area contributed by atoms with Crippen LogP contribution in [0.3, 0.4) is 0 Å². The van der Waals surface area contributed by atoms with Gasteiger partial charge in [-0.2, -0.15) is 0 Å². The molecule has 1 aromatic carbocycles. The number of ether oxygens (including phenoxy) is 1. The van der Waals surface area contributed by atoms with E-state index in [1.54, 1.807) is 0 Å². The maximum Gasteiger partial charge on any atom is 0.121 e. The van der Waals surface area contributed by atoms with Gasteiger partial charge >= 0.3 is 0 Å². The lowest BCUT2D eigenvalue weighted by molar-refractivity contribution is 0.120. The van der Waals surface area contributed by atoms with Gasteiger partial charge in [0, 0.05) is 24.2 Å². The Morgan fingerprint density at radius 3 is 2.94 bits per heavy atom. The number of fused-ring (bicyclic) bond motifs is 1. The zero-order valence-electron chi connectivity index (χ0n) is 9.83. The molecular weight excluding hydrogens is 198 g/mol. The van der Waals surface area contributed by atoms with Crippen LogP contribution in [0.25, 0.3) is 0 Å². The van der Waals surface area contributed by atoms with E-state index in [0.717, 1.165) is 12.3 Å². The van der Waals surface area contributed by atoms with Crippen LogP contribution in [0.2, 0.25) is 0 Å². The van der Waals surface area contributed by atoms with E-state index in [1.165, 1.54) is 36.9 Å². The Morgan fingerprint density at radius 2 is 2.25 bits per heavy atom. The Kier molecular flexibility index (Phi) is 2.50. The summed E-state index contributed by atoms with van der Waals surface area (Å²) in [6.07, 6.45) is 5.46. The van der Waals surface area contributed by atoms with Gasteiger partial charge in [-0.05, 0) is 37.3 Å². The Hall–Kier alpha value is -1.18. The topological polar surface area (TPSA) is 21.3 Å². The third kappa shape index (κ3) is 1.66. The quantitative estimate of drug-likeness (QED) is 0.836. The van der Waals surface area contributed by atoms with E-state index in [2.05, 4.69) is 30.4 Å². The van der Waals surface area contributed by atoms with E-state index in [1.807, 2.05) is 0 Å². The second kappa shape index (κ2) is 4.00. The normalized spacial score (nSPS) is 23.4. The van der Waals surface area contributed by atoms with Crippen molar-refractivity contribution in [2.45, 2.75) is 44.6 Å². The lowest BCUT2D eigenvalue weighted by atomic mass is 9.96. The molecule has 2 nitrogen and oxygen atoms in total. The molecule has 1 saturated carbocycles. The number of hydrogen-bond acceptors (Lipinski definition) is 2. The summed E-state index contributed by atoms with van der Waals surface area (Å²) in [6, 6.07) is 6.54. The third-order valence-corrected chi connectivity index (χ3v) is 3.85. The molecule has 3 rings (SSSR count). The summed E-state index contributed by atoms with van der Waals surface area (Å²) in [5.74, 6) is 1.72. The molecule has 1 N–H and O–H groups in total. The molecule has 1 fully saturated rings. The van der Waals surface area contributed by atoms with Crippen LogP contribution in [0.5, 0.6) is 5.75 Å². The van der Waals surface area contributed by atoms with Crippen molar-refractivity contribution in [3.05, 3.63) is 23.8 Å². The minimum absolute atomic E-state index is 0.474. The Morgan fingerprint density at radius 1 is 1.38 bits per heavy atom. The first-order valence-corrected chi connectivity index (χ1v) is 6.41. The predicted molar refractivity (Wildman–Crippen MR) is 66.2 cm³/mol. The van der Waals surface area contributed by atoms with Gasteiger partial charge in [-0.25, -0.2) is 0 Å². The fourth-order valence-electron chi connectivity index (χ4n) is 2.51. The molecule has 2 aliphatic rings. The Balaban J connectivity index is 1.77. The van der Waals surface area contributed by atoms with Crippen molar-refractivity contribution in [2.75, 3.05) is 11.9 Å². The van der Waals surface area contributed by atoms with E-state index in [0.29, 0.717) is 12.0 Å². The van der Waals surface area contributed by atoms with Gasteiger partial charge in [-0.15, -0.1) is 0 Å². The number of anilines is 1. The second-order valence-corrected chi connectivity index (χ2v) is 4.91. The van der Waals surface area contributed by atoms with Crippen molar-refractivity contribution in [1.82, 2.24) is 0 Å². The highest BCUT2D eigenvalue weighted by molar-refractivity contribution is 5.60. The summed E-state index contributed by atoms with van der Waals surface area (Å²) < 4.78 is 5.90. The van der Waals surface area contributed by atoms with Gasteiger partial charge in [0.1, 0.15) is 5.75 Å². The number of hydrogen-bond donors (Lipinski definition) is 1. The summed E-state index contributed by atoms with van der Waals surface area (Å²) in [6.45, 7) is 3.33. The van der Waals surface area contributed by atoms with E-state index in [-0.39, 0.29) is 0 Å². The van der Waals surface area contributed by atoms with E-state index in [4.69, 9.17) is 4.74 Å². The molecule has 1 aliphatic carbocycles. The average molecular weight is 217 g/mol. The third-order valence-electron chi connectivity index (χ3n) is 3.85. The molecule has 1 atom stereocenters. The molecule has 1 heterocycles. The molecule has 0 radical (unpaired) electrons. The smallest absolute Gasteiger partial charge is 0.121 e. The van der Waals surface area contributed by atoms with Gasteiger partial charge in [0.25, 0.3) is 0 Å². The number of benzene rings is 1. The van der Waals surface area contributed by atoms with Crippen molar-refractivity contribution in [3.8, 4) is 5.75 Å². The lowest BCUT2D eigenvalue weighted by Crippen LogP contribution is -2.24. The highest BCUT2D eigenvalue weighted by Gasteiger charge is 2.23. The summed E-state index contributed by atoms with van der Waals surface area (Å²) >= 11 is 0. The monoisotopic (exact) mass is 217 g/mol. The molecule has 0 bridgehead atoms. The van der Waals surface area contributed by atoms with Crippen LogP contribution in [0.1, 0.15) is 44.1 Å². The maximum absolute atomic E-state index is 5.90. The minimum atomic E-state index is 0.474. The predicted octanol–water partition coefficient (Wildman–Crippen LogP) is 3.54. The zero-order valence-corrected chi connectivity index (χ0v) is 9.83. The molecule has 1 aromatic rings. The summed E-state index contributed by atoms with van der Waals surface area (Å²) in [5.41, 5.74) is 2.74. The Bertz CT molecular complexity index is 384. The van der Waals surface area contributed by atoms with Crippen LogP contribution in [0, 0.1) is 0 Å². The van der Waals surface area contributed by atoms with Crippen molar-refractivity contribution in [2.24, 2.45) is 0 Å². The molecule has 0 spiro atoms. The van der Waals surface area contributed by atoms with Gasteiger partial charge in [0.05, 0.1) is 6.10 Å². The first-order valence-electron chi connectivity index (χ1n) is 6.41. The molecule has 2 heteroatoms. The van der Waals surface area contributed by atoms with Crippen molar-refractivity contribution in [3.63, 3.8) is 0 Å². The first kappa shape index (κ1) is 10.0. The van der Waals surface area contributed by atoms with Crippen LogP contribution in [-0.2, 0) is 0 Å². The lowest BCUT2D eigenvalue weighted by Gasteiger charge is -2.26. The van der Waals surface area contributed by atoms with Crippen molar-refractivity contribution >= 4 is 5.69 Å². The summed E-state index contributed by atoms with van der Waals surface area (Å²) in [5, 5.41) is 3.47. The van der Waals surface area contributed by atoms with Crippen molar-refractivity contribution in [1.29, 1.82) is 0 Å². The van der Waals surface area contributed by atoms with Crippen LogP contribution >= 0.6 is 0 Å². The highest BCUT2D eigenvalue weighted by atomic mass is 16.5. The van der Waals surface area contributed by atoms with Gasteiger partial charge in [-0.3, -0.25) is 0 Å².